The zero-order chi connectivity index (χ0) is 13.9. The maximum atomic E-state index is 5.78. The van der Waals surface area contributed by atoms with E-state index in [-0.39, 0.29) is 17.6 Å². The minimum atomic E-state index is 0.112. The first-order valence-electron chi connectivity index (χ1n) is 6.84. The number of hydrogen-bond donors (Lipinski definition) is 1. The van der Waals surface area contributed by atoms with Crippen LogP contribution in [0.25, 0.3) is 0 Å². The molecular weight excluding hydrogens is 260 g/mol. The van der Waals surface area contributed by atoms with Gasteiger partial charge >= 0.3 is 0 Å². The highest BCUT2D eigenvalue weighted by Gasteiger charge is 2.20. The van der Waals surface area contributed by atoms with Crippen molar-refractivity contribution in [2.24, 2.45) is 0 Å². The number of nitrogens with zero attached hydrogens (tertiary/aromatic N) is 1. The molecule has 2 unspecified atom stereocenters. The molecular formula is C14H24N2O2S. The van der Waals surface area contributed by atoms with Crippen LogP contribution < -0.4 is 5.32 Å². The summed E-state index contributed by atoms with van der Waals surface area (Å²) in [5.74, 6) is 0. The molecule has 1 aliphatic rings. The van der Waals surface area contributed by atoms with Crippen molar-refractivity contribution in [2.45, 2.75) is 51.9 Å². The lowest BCUT2D eigenvalue weighted by Crippen LogP contribution is -2.45. The Balaban J connectivity index is 1.75. The van der Waals surface area contributed by atoms with Crippen molar-refractivity contribution in [3.63, 3.8) is 0 Å². The molecule has 4 nitrogen and oxygen atoms in total. The van der Waals surface area contributed by atoms with Crippen molar-refractivity contribution in [3.8, 4) is 0 Å². The molecule has 0 spiro atoms. The summed E-state index contributed by atoms with van der Waals surface area (Å²) in [7, 11) is 0. The zero-order valence-electron chi connectivity index (χ0n) is 12.2. The second kappa shape index (κ2) is 6.31. The molecule has 1 aliphatic heterocycles. The Morgan fingerprint density at radius 2 is 2.26 bits per heavy atom. The van der Waals surface area contributed by atoms with Crippen molar-refractivity contribution >= 4 is 11.3 Å². The van der Waals surface area contributed by atoms with Gasteiger partial charge < -0.3 is 14.8 Å². The van der Waals surface area contributed by atoms with Gasteiger partial charge in [0.15, 0.2) is 0 Å². The second-order valence-electron chi connectivity index (χ2n) is 6.12. The Morgan fingerprint density at radius 3 is 2.89 bits per heavy atom. The lowest BCUT2D eigenvalue weighted by Gasteiger charge is -2.28. The molecule has 19 heavy (non-hydrogen) atoms. The fourth-order valence-electron chi connectivity index (χ4n) is 1.97. The Hall–Kier alpha value is -0.490. The van der Waals surface area contributed by atoms with Crippen LogP contribution in [0.4, 0.5) is 0 Å². The number of morpholine rings is 1. The summed E-state index contributed by atoms with van der Waals surface area (Å²) >= 11 is 1.67. The molecule has 0 radical (unpaired) electrons. The van der Waals surface area contributed by atoms with Crippen LogP contribution in [0, 0.1) is 0 Å². The van der Waals surface area contributed by atoms with E-state index in [1.165, 1.54) is 0 Å². The summed E-state index contributed by atoms with van der Waals surface area (Å²) in [6.45, 7) is 11.6. The summed E-state index contributed by atoms with van der Waals surface area (Å²) in [4.78, 5) is 4.62. The largest absolute Gasteiger partial charge is 0.372 e. The van der Waals surface area contributed by atoms with Crippen molar-refractivity contribution < 1.29 is 9.47 Å². The number of ether oxygens (including phenoxy) is 2. The average molecular weight is 284 g/mol. The van der Waals surface area contributed by atoms with Gasteiger partial charge in [-0.25, -0.2) is 4.98 Å². The summed E-state index contributed by atoms with van der Waals surface area (Å²) in [6, 6.07) is 0. The van der Waals surface area contributed by atoms with Crippen LogP contribution in [-0.4, -0.2) is 36.9 Å². The molecule has 108 valence electrons. The van der Waals surface area contributed by atoms with E-state index in [1.807, 2.05) is 0 Å². The van der Waals surface area contributed by atoms with Crippen LogP contribution in [0.15, 0.2) is 5.38 Å². The number of rotatable bonds is 4. The van der Waals surface area contributed by atoms with Crippen molar-refractivity contribution in [1.29, 1.82) is 0 Å². The number of nitrogens with one attached hydrogen (secondary N) is 1. The van der Waals surface area contributed by atoms with Gasteiger partial charge in [-0.15, -0.1) is 11.3 Å². The van der Waals surface area contributed by atoms with E-state index in [4.69, 9.17) is 9.47 Å². The smallest absolute Gasteiger partial charge is 0.119 e. The van der Waals surface area contributed by atoms with Gasteiger partial charge in [-0.05, 0) is 6.92 Å². The van der Waals surface area contributed by atoms with Gasteiger partial charge in [0.05, 0.1) is 31.1 Å². The first-order chi connectivity index (χ1) is 8.95. The molecule has 2 heterocycles. The zero-order valence-corrected chi connectivity index (χ0v) is 13.0. The van der Waals surface area contributed by atoms with E-state index in [9.17, 15) is 0 Å². The van der Waals surface area contributed by atoms with Gasteiger partial charge in [0, 0.05) is 23.9 Å². The fraction of sp³-hybridized carbons (Fsp3) is 0.786. The highest BCUT2D eigenvalue weighted by molar-refractivity contribution is 7.09. The predicted octanol–water partition coefficient (Wildman–Crippen LogP) is 2.33. The van der Waals surface area contributed by atoms with Gasteiger partial charge in [-0.2, -0.15) is 0 Å². The van der Waals surface area contributed by atoms with Gasteiger partial charge in [0.25, 0.3) is 0 Å². The third-order valence-electron chi connectivity index (χ3n) is 3.08. The average Bonchev–Trinajstić information content (AvgIpc) is 2.77. The molecule has 0 aliphatic carbocycles. The molecule has 0 amide bonds. The minimum Gasteiger partial charge on any atom is -0.372 e. The van der Waals surface area contributed by atoms with Crippen LogP contribution >= 0.6 is 11.3 Å². The van der Waals surface area contributed by atoms with Gasteiger partial charge in [0.1, 0.15) is 5.01 Å². The van der Waals surface area contributed by atoms with Crippen LogP contribution in [0.1, 0.15) is 38.4 Å². The molecule has 2 rings (SSSR count). The van der Waals surface area contributed by atoms with E-state index in [2.05, 4.69) is 43.4 Å². The third kappa shape index (κ3) is 4.53. The molecule has 0 aromatic carbocycles. The second-order valence-corrected chi connectivity index (χ2v) is 7.06. The summed E-state index contributed by atoms with van der Waals surface area (Å²) in [5, 5.41) is 6.51. The minimum absolute atomic E-state index is 0.112. The SMILES string of the molecule is CC1CNCC(COCc2nc(C(C)(C)C)cs2)O1. The number of thiazole rings is 1. The van der Waals surface area contributed by atoms with Crippen LogP contribution in [0.5, 0.6) is 0 Å². The molecule has 1 aromatic heterocycles. The van der Waals surface area contributed by atoms with E-state index >= 15 is 0 Å². The first-order valence-corrected chi connectivity index (χ1v) is 7.72. The van der Waals surface area contributed by atoms with Crippen molar-refractivity contribution in [1.82, 2.24) is 10.3 Å². The molecule has 1 N–H and O–H groups in total. The number of aromatic nitrogens is 1. The lowest BCUT2D eigenvalue weighted by atomic mass is 9.93. The predicted molar refractivity (Wildman–Crippen MR) is 77.7 cm³/mol. The summed E-state index contributed by atoms with van der Waals surface area (Å²) < 4.78 is 11.5. The highest BCUT2D eigenvalue weighted by Crippen LogP contribution is 2.24. The maximum Gasteiger partial charge on any atom is 0.119 e. The molecule has 1 saturated heterocycles. The van der Waals surface area contributed by atoms with Gasteiger partial charge in [-0.3, -0.25) is 0 Å². The quantitative estimate of drug-likeness (QED) is 0.921. The molecule has 0 bridgehead atoms. The monoisotopic (exact) mass is 284 g/mol. The Bertz CT molecular complexity index is 400. The Labute approximate surface area is 119 Å². The molecule has 1 fully saturated rings. The highest BCUT2D eigenvalue weighted by atomic mass is 32.1. The molecule has 5 heteroatoms. The van der Waals surface area contributed by atoms with Crippen molar-refractivity contribution in [2.75, 3.05) is 19.7 Å². The van der Waals surface area contributed by atoms with Crippen LogP contribution in [0.2, 0.25) is 0 Å². The first kappa shape index (κ1) is 14.9. The normalized spacial score (nSPS) is 24.6. The third-order valence-corrected chi connectivity index (χ3v) is 3.90. The van der Waals surface area contributed by atoms with E-state index < -0.39 is 0 Å². The van der Waals surface area contributed by atoms with E-state index in [1.54, 1.807) is 11.3 Å². The van der Waals surface area contributed by atoms with Crippen LogP contribution in [0.3, 0.4) is 0 Å². The van der Waals surface area contributed by atoms with Gasteiger partial charge in [-0.1, -0.05) is 20.8 Å². The van der Waals surface area contributed by atoms with Gasteiger partial charge in [0.2, 0.25) is 0 Å². The Kier molecular flexibility index (Phi) is 4.95. The molecule has 2 atom stereocenters. The van der Waals surface area contributed by atoms with Crippen molar-refractivity contribution in [3.05, 3.63) is 16.1 Å². The summed E-state index contributed by atoms with van der Waals surface area (Å²) in [5.41, 5.74) is 1.25. The Morgan fingerprint density at radius 1 is 1.47 bits per heavy atom. The molecule has 1 aromatic rings. The standard InChI is InChI=1S/C14H24N2O2S/c1-10-5-15-6-11(18-10)7-17-8-13-16-12(9-19-13)14(2,3)4/h9-11,15H,5-8H2,1-4H3. The van der Waals surface area contributed by atoms with E-state index in [0.29, 0.717) is 13.2 Å². The topological polar surface area (TPSA) is 43.4 Å². The maximum absolute atomic E-state index is 5.78. The lowest BCUT2D eigenvalue weighted by molar-refractivity contribution is -0.0716. The summed E-state index contributed by atoms with van der Waals surface area (Å²) in [6.07, 6.45) is 0.431. The van der Waals surface area contributed by atoms with E-state index in [0.717, 1.165) is 23.8 Å². The van der Waals surface area contributed by atoms with Crippen LogP contribution in [-0.2, 0) is 21.5 Å². The fourth-order valence-corrected chi connectivity index (χ4v) is 2.93. The molecule has 0 saturated carbocycles. The number of hydrogen-bond acceptors (Lipinski definition) is 5.